The maximum atomic E-state index is 3.24. The van der Waals surface area contributed by atoms with Crippen molar-refractivity contribution in [2.75, 3.05) is 12.4 Å². The van der Waals surface area contributed by atoms with Crippen molar-refractivity contribution in [2.24, 2.45) is 0 Å². The summed E-state index contributed by atoms with van der Waals surface area (Å²) in [6.45, 7) is 0. The molecule has 0 fully saturated rings. The van der Waals surface area contributed by atoms with Crippen LogP contribution < -0.4 is 5.32 Å². The van der Waals surface area contributed by atoms with E-state index >= 15 is 0 Å². The number of fused-ring (bicyclic) bond motifs is 1. The van der Waals surface area contributed by atoms with Crippen LogP contribution >= 0.6 is 0 Å². The monoisotopic (exact) mass is 222 g/mol. The molecule has 0 aliphatic heterocycles. The SMILES string of the molecule is CNc1cccc(-c2cccc3[nH]ccc23)c1. The van der Waals surface area contributed by atoms with E-state index in [0.29, 0.717) is 0 Å². The maximum Gasteiger partial charge on any atom is 0.0460 e. The minimum Gasteiger partial charge on any atom is -0.388 e. The summed E-state index contributed by atoms with van der Waals surface area (Å²) < 4.78 is 0. The molecule has 2 heteroatoms. The molecule has 2 aromatic carbocycles. The van der Waals surface area contributed by atoms with E-state index in [1.807, 2.05) is 13.2 Å². The summed E-state index contributed by atoms with van der Waals surface area (Å²) in [5.41, 5.74) is 4.82. The fourth-order valence-electron chi connectivity index (χ4n) is 2.18. The zero-order valence-corrected chi connectivity index (χ0v) is 9.70. The van der Waals surface area contributed by atoms with E-state index in [1.165, 1.54) is 22.0 Å². The number of hydrogen-bond acceptors (Lipinski definition) is 1. The van der Waals surface area contributed by atoms with Gasteiger partial charge in [0.1, 0.15) is 0 Å². The Bertz CT molecular complexity index is 653. The first-order chi connectivity index (χ1) is 8.38. The molecule has 0 bridgehead atoms. The van der Waals surface area contributed by atoms with Crippen molar-refractivity contribution in [1.82, 2.24) is 4.98 Å². The van der Waals surface area contributed by atoms with E-state index in [-0.39, 0.29) is 0 Å². The van der Waals surface area contributed by atoms with E-state index in [2.05, 4.69) is 58.8 Å². The zero-order chi connectivity index (χ0) is 11.7. The van der Waals surface area contributed by atoms with Gasteiger partial charge < -0.3 is 10.3 Å². The maximum absolute atomic E-state index is 3.24. The van der Waals surface area contributed by atoms with Crippen LogP contribution in [0, 0.1) is 0 Å². The topological polar surface area (TPSA) is 27.8 Å². The molecular formula is C15H14N2. The third-order valence-electron chi connectivity index (χ3n) is 3.06. The van der Waals surface area contributed by atoms with E-state index in [9.17, 15) is 0 Å². The smallest absolute Gasteiger partial charge is 0.0460 e. The van der Waals surface area contributed by atoms with Gasteiger partial charge in [0.15, 0.2) is 0 Å². The molecule has 1 heterocycles. The third kappa shape index (κ3) is 1.68. The standard InChI is InChI=1S/C15H14N2/c1-16-12-5-2-4-11(10-12)13-6-3-7-15-14(13)8-9-17-15/h2-10,16-17H,1H3. The molecule has 84 valence electrons. The van der Waals surface area contributed by atoms with E-state index < -0.39 is 0 Å². The molecule has 17 heavy (non-hydrogen) atoms. The van der Waals surface area contributed by atoms with E-state index in [0.717, 1.165) is 5.69 Å². The number of hydrogen-bond donors (Lipinski definition) is 2. The van der Waals surface area contributed by atoms with Crippen molar-refractivity contribution in [3.63, 3.8) is 0 Å². The van der Waals surface area contributed by atoms with Crippen LogP contribution in [0.2, 0.25) is 0 Å². The molecule has 0 atom stereocenters. The highest BCUT2D eigenvalue weighted by molar-refractivity contribution is 5.95. The second-order valence-corrected chi connectivity index (χ2v) is 4.08. The summed E-state index contributed by atoms with van der Waals surface area (Å²) in [5.74, 6) is 0. The average molecular weight is 222 g/mol. The Morgan fingerprint density at radius 2 is 1.88 bits per heavy atom. The Labute approximate surface area is 100 Å². The van der Waals surface area contributed by atoms with Crippen LogP contribution in [0.3, 0.4) is 0 Å². The van der Waals surface area contributed by atoms with Crippen LogP contribution in [0.1, 0.15) is 0 Å². The number of H-pyrrole nitrogens is 1. The molecular weight excluding hydrogens is 208 g/mol. The van der Waals surface area contributed by atoms with Gasteiger partial charge in [0, 0.05) is 29.8 Å². The Morgan fingerprint density at radius 1 is 1.00 bits per heavy atom. The van der Waals surface area contributed by atoms with Gasteiger partial charge in [0.05, 0.1) is 0 Å². The van der Waals surface area contributed by atoms with E-state index in [1.54, 1.807) is 0 Å². The number of anilines is 1. The van der Waals surface area contributed by atoms with Crippen molar-refractivity contribution in [3.8, 4) is 11.1 Å². The first kappa shape index (κ1) is 9.97. The van der Waals surface area contributed by atoms with Gasteiger partial charge >= 0.3 is 0 Å². The van der Waals surface area contributed by atoms with Gasteiger partial charge in [-0.05, 0) is 35.4 Å². The van der Waals surface area contributed by atoms with Crippen molar-refractivity contribution in [2.45, 2.75) is 0 Å². The molecule has 3 aromatic rings. The van der Waals surface area contributed by atoms with E-state index in [4.69, 9.17) is 0 Å². The fourth-order valence-corrected chi connectivity index (χ4v) is 2.18. The van der Waals surface area contributed by atoms with Gasteiger partial charge in [-0.15, -0.1) is 0 Å². The number of rotatable bonds is 2. The summed E-state index contributed by atoms with van der Waals surface area (Å²) >= 11 is 0. The van der Waals surface area contributed by atoms with Gasteiger partial charge in [0.25, 0.3) is 0 Å². The summed E-state index contributed by atoms with van der Waals surface area (Å²) in [4.78, 5) is 3.24. The molecule has 0 unspecified atom stereocenters. The number of benzene rings is 2. The first-order valence-corrected chi connectivity index (χ1v) is 5.73. The second-order valence-electron chi connectivity index (χ2n) is 4.08. The normalized spacial score (nSPS) is 10.6. The molecule has 0 spiro atoms. The first-order valence-electron chi connectivity index (χ1n) is 5.73. The molecule has 2 N–H and O–H groups in total. The Morgan fingerprint density at radius 3 is 2.76 bits per heavy atom. The number of aromatic nitrogens is 1. The predicted octanol–water partition coefficient (Wildman–Crippen LogP) is 3.88. The van der Waals surface area contributed by atoms with Crippen molar-refractivity contribution in [1.29, 1.82) is 0 Å². The Balaban J connectivity index is 2.23. The van der Waals surface area contributed by atoms with Gasteiger partial charge in [-0.1, -0.05) is 24.3 Å². The lowest BCUT2D eigenvalue weighted by Crippen LogP contribution is -1.88. The molecule has 0 radical (unpaired) electrons. The van der Waals surface area contributed by atoms with Crippen LogP contribution in [0.4, 0.5) is 5.69 Å². The highest BCUT2D eigenvalue weighted by atomic mass is 14.8. The summed E-state index contributed by atoms with van der Waals surface area (Å²) in [6.07, 6.45) is 1.98. The molecule has 0 saturated heterocycles. The predicted molar refractivity (Wildman–Crippen MR) is 73.3 cm³/mol. The van der Waals surface area contributed by atoms with Crippen molar-refractivity contribution in [3.05, 3.63) is 54.7 Å². The van der Waals surface area contributed by atoms with Crippen LogP contribution in [-0.4, -0.2) is 12.0 Å². The van der Waals surface area contributed by atoms with Gasteiger partial charge in [-0.3, -0.25) is 0 Å². The highest BCUT2D eigenvalue weighted by Crippen LogP contribution is 2.29. The number of aromatic amines is 1. The average Bonchev–Trinajstić information content (AvgIpc) is 2.87. The van der Waals surface area contributed by atoms with Crippen LogP contribution in [0.25, 0.3) is 22.0 Å². The minimum absolute atomic E-state index is 1.13. The molecule has 1 aromatic heterocycles. The molecule has 2 nitrogen and oxygen atoms in total. The Hall–Kier alpha value is -2.22. The lowest BCUT2D eigenvalue weighted by molar-refractivity contribution is 1.48. The molecule has 0 aliphatic carbocycles. The van der Waals surface area contributed by atoms with Crippen molar-refractivity contribution < 1.29 is 0 Å². The van der Waals surface area contributed by atoms with Gasteiger partial charge in [0.2, 0.25) is 0 Å². The quantitative estimate of drug-likeness (QED) is 0.676. The van der Waals surface area contributed by atoms with Crippen LogP contribution in [-0.2, 0) is 0 Å². The second kappa shape index (κ2) is 3.98. The fraction of sp³-hybridized carbons (Fsp3) is 0.0667. The summed E-state index contributed by atoms with van der Waals surface area (Å²) in [5, 5.41) is 4.44. The largest absolute Gasteiger partial charge is 0.388 e. The third-order valence-corrected chi connectivity index (χ3v) is 3.06. The number of nitrogens with one attached hydrogen (secondary N) is 2. The molecule has 0 saturated carbocycles. The van der Waals surface area contributed by atoms with Gasteiger partial charge in [-0.25, -0.2) is 0 Å². The highest BCUT2D eigenvalue weighted by Gasteiger charge is 2.04. The molecule has 0 amide bonds. The molecule has 3 rings (SSSR count). The lowest BCUT2D eigenvalue weighted by Gasteiger charge is -2.06. The van der Waals surface area contributed by atoms with Gasteiger partial charge in [-0.2, -0.15) is 0 Å². The lowest BCUT2D eigenvalue weighted by atomic mass is 10.0. The zero-order valence-electron chi connectivity index (χ0n) is 9.70. The Kier molecular flexibility index (Phi) is 2.33. The van der Waals surface area contributed by atoms with Crippen LogP contribution in [0.5, 0.6) is 0 Å². The minimum atomic E-state index is 1.13. The van der Waals surface area contributed by atoms with Crippen molar-refractivity contribution >= 4 is 16.6 Å². The van der Waals surface area contributed by atoms with Crippen LogP contribution in [0.15, 0.2) is 54.7 Å². The summed E-state index contributed by atoms with van der Waals surface area (Å²) in [6, 6.07) is 16.9. The molecule has 0 aliphatic rings. The summed E-state index contributed by atoms with van der Waals surface area (Å²) in [7, 11) is 1.94.